The van der Waals surface area contributed by atoms with Gasteiger partial charge in [0.05, 0.1) is 5.92 Å². The van der Waals surface area contributed by atoms with Crippen LogP contribution in [0.3, 0.4) is 0 Å². The second-order valence-electron chi connectivity index (χ2n) is 7.39. The number of likely N-dealkylation sites (N-methyl/N-ethyl adjacent to an activating group) is 1. The number of carbonyl (C=O) groups is 2. The summed E-state index contributed by atoms with van der Waals surface area (Å²) in [6.07, 6.45) is 7.96. The van der Waals surface area contributed by atoms with Crippen LogP contribution >= 0.6 is 0 Å². The predicted octanol–water partition coefficient (Wildman–Crippen LogP) is 3.21. The third-order valence-electron chi connectivity index (χ3n) is 5.79. The summed E-state index contributed by atoms with van der Waals surface area (Å²) in [5, 5.41) is 2.96. The molecule has 1 aliphatic carbocycles. The Bertz CT molecular complexity index is 906. The second-order valence-corrected chi connectivity index (χ2v) is 7.39. The summed E-state index contributed by atoms with van der Waals surface area (Å²) in [6, 6.07) is 6.29. The van der Waals surface area contributed by atoms with Gasteiger partial charge < -0.3 is 10.2 Å². The summed E-state index contributed by atoms with van der Waals surface area (Å²) in [7, 11) is 1.84. The minimum absolute atomic E-state index is 0.1000. The first-order valence-electron chi connectivity index (χ1n) is 9.74. The van der Waals surface area contributed by atoms with E-state index in [4.69, 9.17) is 0 Å². The predicted molar refractivity (Wildman–Crippen MR) is 106 cm³/mol. The topological polar surface area (TPSA) is 62.3 Å². The molecule has 0 saturated carbocycles. The number of aromatic nitrogens is 1. The van der Waals surface area contributed by atoms with Gasteiger partial charge in [-0.3, -0.25) is 14.6 Å². The Morgan fingerprint density at radius 3 is 2.93 bits per heavy atom. The highest BCUT2D eigenvalue weighted by Crippen LogP contribution is 2.38. The van der Waals surface area contributed by atoms with E-state index in [1.165, 1.54) is 11.1 Å². The van der Waals surface area contributed by atoms with Crippen LogP contribution in [0, 0.1) is 0 Å². The third kappa shape index (κ3) is 3.11. The number of amides is 2. The molecule has 2 amide bonds. The number of hydrogen-bond acceptors (Lipinski definition) is 3. The lowest BCUT2D eigenvalue weighted by molar-refractivity contribution is -0.122. The van der Waals surface area contributed by atoms with Gasteiger partial charge in [0, 0.05) is 43.7 Å². The molecular formula is C22H25N3O2. The molecule has 4 rings (SSSR count). The van der Waals surface area contributed by atoms with Crippen LogP contribution in [0.15, 0.2) is 30.6 Å². The maximum Gasteiger partial charge on any atom is 0.227 e. The number of carbonyl (C=O) groups excluding carboxylic acids is 2. The Morgan fingerprint density at radius 2 is 2.11 bits per heavy atom. The molecule has 1 aromatic heterocycles. The average Bonchev–Trinajstić information content (AvgIpc) is 2.70. The largest absolute Gasteiger partial charge is 0.356 e. The number of pyridine rings is 1. The van der Waals surface area contributed by atoms with Crippen LogP contribution in [-0.2, 0) is 22.4 Å². The maximum atomic E-state index is 12.5. The van der Waals surface area contributed by atoms with Gasteiger partial charge in [-0.1, -0.05) is 6.07 Å². The molecule has 27 heavy (non-hydrogen) atoms. The van der Waals surface area contributed by atoms with E-state index in [2.05, 4.69) is 22.4 Å². The fourth-order valence-electron chi connectivity index (χ4n) is 4.36. The fourth-order valence-corrected chi connectivity index (χ4v) is 4.36. The smallest absolute Gasteiger partial charge is 0.227 e. The van der Waals surface area contributed by atoms with Crippen molar-refractivity contribution in [3.8, 4) is 11.1 Å². The van der Waals surface area contributed by atoms with Crippen LogP contribution in [0.1, 0.15) is 48.8 Å². The van der Waals surface area contributed by atoms with E-state index in [-0.39, 0.29) is 17.7 Å². The molecule has 1 N–H and O–H groups in total. The third-order valence-corrected chi connectivity index (χ3v) is 5.79. The van der Waals surface area contributed by atoms with Crippen LogP contribution in [0.5, 0.6) is 0 Å². The zero-order valence-corrected chi connectivity index (χ0v) is 15.9. The van der Waals surface area contributed by atoms with Crippen molar-refractivity contribution in [1.82, 2.24) is 10.3 Å². The van der Waals surface area contributed by atoms with Crippen LogP contribution in [0.4, 0.5) is 5.69 Å². The number of anilines is 1. The highest BCUT2D eigenvalue weighted by molar-refractivity contribution is 5.96. The molecule has 1 atom stereocenters. The molecule has 0 spiro atoms. The Labute approximate surface area is 159 Å². The molecule has 0 unspecified atom stereocenters. The summed E-state index contributed by atoms with van der Waals surface area (Å²) in [5.41, 5.74) is 6.74. The Morgan fingerprint density at radius 1 is 1.26 bits per heavy atom. The molecule has 1 aromatic carbocycles. The molecule has 1 aliphatic heterocycles. The Kier molecular flexibility index (Phi) is 4.68. The number of nitrogens with one attached hydrogen (secondary N) is 1. The molecular weight excluding hydrogens is 338 g/mol. The number of aryl methyl sites for hydroxylation is 1. The Hall–Kier alpha value is -2.69. The molecule has 2 aliphatic rings. The van der Waals surface area contributed by atoms with Gasteiger partial charge in [-0.05, 0) is 67.0 Å². The summed E-state index contributed by atoms with van der Waals surface area (Å²) in [6.45, 7) is 2.60. The summed E-state index contributed by atoms with van der Waals surface area (Å²) in [5.74, 6) is 0.157. The number of fused-ring (bicyclic) bond motifs is 2. The first-order valence-corrected chi connectivity index (χ1v) is 9.74. The first-order chi connectivity index (χ1) is 13.1. The number of nitrogens with zero attached hydrogens (tertiary/aromatic N) is 2. The molecule has 0 radical (unpaired) electrons. The van der Waals surface area contributed by atoms with Crippen molar-refractivity contribution < 1.29 is 9.59 Å². The van der Waals surface area contributed by atoms with E-state index in [0.29, 0.717) is 13.0 Å². The van der Waals surface area contributed by atoms with Crippen molar-refractivity contribution in [1.29, 1.82) is 0 Å². The lowest BCUT2D eigenvalue weighted by Crippen LogP contribution is -2.31. The molecule has 0 saturated heterocycles. The summed E-state index contributed by atoms with van der Waals surface area (Å²) < 4.78 is 0. The van der Waals surface area contributed by atoms with Gasteiger partial charge >= 0.3 is 0 Å². The van der Waals surface area contributed by atoms with Gasteiger partial charge in [-0.25, -0.2) is 0 Å². The zero-order valence-electron chi connectivity index (χ0n) is 15.9. The number of hydrogen-bond donors (Lipinski definition) is 1. The monoisotopic (exact) mass is 363 g/mol. The molecule has 5 heteroatoms. The van der Waals surface area contributed by atoms with Gasteiger partial charge in [0.15, 0.2) is 0 Å². The van der Waals surface area contributed by atoms with E-state index in [9.17, 15) is 9.59 Å². The second kappa shape index (κ2) is 7.14. The lowest BCUT2D eigenvalue weighted by Gasteiger charge is -2.28. The molecule has 2 heterocycles. The average molecular weight is 363 g/mol. The van der Waals surface area contributed by atoms with Crippen molar-refractivity contribution in [2.24, 2.45) is 0 Å². The maximum absolute atomic E-state index is 12.5. The van der Waals surface area contributed by atoms with Crippen LogP contribution < -0.4 is 10.2 Å². The van der Waals surface area contributed by atoms with E-state index in [1.54, 1.807) is 4.90 Å². The fraction of sp³-hybridized carbons (Fsp3) is 0.409. The summed E-state index contributed by atoms with van der Waals surface area (Å²) >= 11 is 0. The number of rotatable bonds is 3. The van der Waals surface area contributed by atoms with Crippen molar-refractivity contribution in [2.45, 2.75) is 44.9 Å². The van der Waals surface area contributed by atoms with Crippen molar-refractivity contribution in [3.63, 3.8) is 0 Å². The highest BCUT2D eigenvalue weighted by atomic mass is 16.2. The standard InChI is InChI=1S/C22H25N3O2/c1-3-24-22(27)17-6-4-5-16-18(12-23-13-19(16)17)14-7-9-20-15(11-14)8-10-21(26)25(20)2/h7,9,11-13,17H,3-6,8,10H2,1-2H3,(H,24,27)/t17-/m1/s1. The quantitative estimate of drug-likeness (QED) is 0.911. The van der Waals surface area contributed by atoms with E-state index < -0.39 is 0 Å². The van der Waals surface area contributed by atoms with Gasteiger partial charge in [-0.2, -0.15) is 0 Å². The SMILES string of the molecule is CCNC(=O)[C@@H]1CCCc2c(-c3ccc4c(c3)CCC(=O)N4C)cncc21. The molecule has 0 fully saturated rings. The molecule has 5 nitrogen and oxygen atoms in total. The molecule has 140 valence electrons. The zero-order chi connectivity index (χ0) is 19.0. The van der Waals surface area contributed by atoms with Gasteiger partial charge in [0.1, 0.15) is 0 Å². The van der Waals surface area contributed by atoms with E-state index in [0.717, 1.165) is 48.1 Å². The van der Waals surface area contributed by atoms with E-state index >= 15 is 0 Å². The first kappa shape index (κ1) is 17.7. The van der Waals surface area contributed by atoms with Crippen LogP contribution in [0.25, 0.3) is 11.1 Å². The molecule has 2 aromatic rings. The summed E-state index contributed by atoms with van der Waals surface area (Å²) in [4.78, 5) is 30.6. The normalized spacial score (nSPS) is 18.7. The van der Waals surface area contributed by atoms with Gasteiger partial charge in [0.2, 0.25) is 11.8 Å². The minimum atomic E-state index is -0.109. The minimum Gasteiger partial charge on any atom is -0.356 e. The lowest BCUT2D eigenvalue weighted by atomic mass is 9.80. The van der Waals surface area contributed by atoms with E-state index in [1.807, 2.05) is 32.4 Å². The van der Waals surface area contributed by atoms with Crippen LogP contribution in [-0.4, -0.2) is 30.4 Å². The van der Waals surface area contributed by atoms with Crippen molar-refractivity contribution >= 4 is 17.5 Å². The number of benzene rings is 1. The highest BCUT2D eigenvalue weighted by Gasteiger charge is 2.29. The molecule has 0 bridgehead atoms. The van der Waals surface area contributed by atoms with Crippen LogP contribution in [0.2, 0.25) is 0 Å². The Balaban J connectivity index is 1.75. The van der Waals surface area contributed by atoms with Crippen molar-refractivity contribution in [2.75, 3.05) is 18.5 Å². The van der Waals surface area contributed by atoms with Gasteiger partial charge in [-0.15, -0.1) is 0 Å². The van der Waals surface area contributed by atoms with Gasteiger partial charge in [0.25, 0.3) is 0 Å². The van der Waals surface area contributed by atoms with Crippen molar-refractivity contribution in [3.05, 3.63) is 47.3 Å².